The molecule has 1 aliphatic heterocycles. The zero-order chi connectivity index (χ0) is 14.9. The van der Waals surface area contributed by atoms with E-state index in [0.717, 1.165) is 9.86 Å². The molecule has 21 heavy (non-hydrogen) atoms. The van der Waals surface area contributed by atoms with Crippen LogP contribution in [0.4, 0.5) is 5.69 Å². The van der Waals surface area contributed by atoms with Gasteiger partial charge >= 0.3 is 5.63 Å². The fourth-order valence-corrected chi connectivity index (χ4v) is 2.72. The summed E-state index contributed by atoms with van der Waals surface area (Å²) in [4.78, 5) is 11.9. The summed E-state index contributed by atoms with van der Waals surface area (Å²) in [7, 11) is 0. The van der Waals surface area contributed by atoms with Crippen molar-refractivity contribution in [3.8, 4) is 0 Å². The summed E-state index contributed by atoms with van der Waals surface area (Å²) < 4.78 is 17.3. The highest BCUT2D eigenvalue weighted by Gasteiger charge is 2.30. The van der Waals surface area contributed by atoms with Gasteiger partial charge in [0.15, 0.2) is 5.79 Å². The molecule has 0 unspecified atom stereocenters. The maximum Gasteiger partial charge on any atom is 0.359 e. The van der Waals surface area contributed by atoms with Gasteiger partial charge in [0, 0.05) is 22.8 Å². The summed E-state index contributed by atoms with van der Waals surface area (Å²) in [6, 6.07) is 7.32. The highest BCUT2D eigenvalue weighted by Crippen LogP contribution is 2.23. The predicted octanol–water partition coefficient (Wildman–Crippen LogP) is 3.12. The molecule has 3 rings (SSSR count). The molecule has 0 bridgehead atoms. The van der Waals surface area contributed by atoms with E-state index in [2.05, 4.69) is 21.2 Å². The average Bonchev–Trinajstić information content (AvgIpc) is 2.87. The number of nitrogens with one attached hydrogen (secondary N) is 1. The number of fused-ring (bicyclic) bond motifs is 1. The number of anilines is 1. The van der Waals surface area contributed by atoms with Crippen LogP contribution in [-0.2, 0) is 9.47 Å². The van der Waals surface area contributed by atoms with Crippen LogP contribution in [0.25, 0.3) is 11.0 Å². The Kier molecular flexibility index (Phi) is 4.01. The van der Waals surface area contributed by atoms with E-state index >= 15 is 0 Å². The van der Waals surface area contributed by atoms with Crippen LogP contribution in [0.3, 0.4) is 0 Å². The summed E-state index contributed by atoms with van der Waals surface area (Å²) in [5.41, 5.74) is 0.647. The van der Waals surface area contributed by atoms with Crippen LogP contribution in [-0.4, -0.2) is 25.5 Å². The van der Waals surface area contributed by atoms with Crippen LogP contribution in [0.15, 0.2) is 37.9 Å². The van der Waals surface area contributed by atoms with Gasteiger partial charge in [0.25, 0.3) is 0 Å². The lowest BCUT2D eigenvalue weighted by Crippen LogP contribution is -2.29. The minimum atomic E-state index is -0.562. The van der Waals surface area contributed by atoms with Crippen LogP contribution in [0.1, 0.15) is 13.3 Å². The molecule has 2 heterocycles. The van der Waals surface area contributed by atoms with Crippen LogP contribution < -0.4 is 10.9 Å². The van der Waals surface area contributed by atoms with Gasteiger partial charge in [-0.25, -0.2) is 4.79 Å². The molecular formula is C15H16BrNO4. The maximum absolute atomic E-state index is 11.9. The Bertz CT molecular complexity index is 706. The van der Waals surface area contributed by atoms with Gasteiger partial charge in [0.1, 0.15) is 11.3 Å². The smallest absolute Gasteiger partial charge is 0.359 e. The first-order chi connectivity index (χ1) is 10.1. The zero-order valence-electron chi connectivity index (χ0n) is 11.6. The first-order valence-corrected chi connectivity index (χ1v) is 7.60. The minimum absolute atomic E-state index is 0.372. The fourth-order valence-electron chi connectivity index (χ4n) is 2.34. The third-order valence-electron chi connectivity index (χ3n) is 3.49. The Balaban J connectivity index is 1.74. The van der Waals surface area contributed by atoms with E-state index in [0.29, 0.717) is 37.4 Å². The van der Waals surface area contributed by atoms with E-state index in [9.17, 15) is 4.79 Å². The number of benzene rings is 1. The third kappa shape index (κ3) is 3.28. The second kappa shape index (κ2) is 5.79. The molecule has 1 aromatic heterocycles. The second-order valence-corrected chi connectivity index (χ2v) is 6.05. The van der Waals surface area contributed by atoms with Crippen LogP contribution in [0.2, 0.25) is 0 Å². The molecular weight excluding hydrogens is 338 g/mol. The Morgan fingerprint density at radius 2 is 2.05 bits per heavy atom. The maximum atomic E-state index is 11.9. The van der Waals surface area contributed by atoms with Gasteiger partial charge < -0.3 is 19.2 Å². The zero-order valence-corrected chi connectivity index (χ0v) is 13.2. The number of halogens is 1. The molecule has 112 valence electrons. The Morgan fingerprint density at radius 3 is 2.81 bits per heavy atom. The third-order valence-corrected chi connectivity index (χ3v) is 3.98. The van der Waals surface area contributed by atoms with E-state index in [4.69, 9.17) is 13.9 Å². The molecule has 0 saturated carbocycles. The van der Waals surface area contributed by atoms with E-state index in [1.807, 2.05) is 19.1 Å². The molecule has 0 aliphatic carbocycles. The van der Waals surface area contributed by atoms with E-state index < -0.39 is 5.79 Å². The minimum Gasteiger partial charge on any atom is -0.421 e. The molecule has 1 N–H and O–H groups in total. The Hall–Kier alpha value is -1.37. The van der Waals surface area contributed by atoms with Crippen molar-refractivity contribution in [3.05, 3.63) is 39.2 Å². The van der Waals surface area contributed by atoms with E-state index in [-0.39, 0.29) is 5.63 Å². The van der Waals surface area contributed by atoms with Crippen LogP contribution in [0.5, 0.6) is 0 Å². The van der Waals surface area contributed by atoms with E-state index in [1.165, 1.54) is 0 Å². The highest BCUT2D eigenvalue weighted by molar-refractivity contribution is 9.10. The molecule has 5 nitrogen and oxygen atoms in total. The van der Waals surface area contributed by atoms with Crippen LogP contribution in [0, 0.1) is 0 Å². The molecule has 1 saturated heterocycles. The van der Waals surface area contributed by atoms with Crippen LogP contribution >= 0.6 is 15.9 Å². The first-order valence-electron chi connectivity index (χ1n) is 6.81. The largest absolute Gasteiger partial charge is 0.421 e. The van der Waals surface area contributed by atoms with Gasteiger partial charge in [0.2, 0.25) is 0 Å². The van der Waals surface area contributed by atoms with Gasteiger partial charge in [-0.2, -0.15) is 0 Å². The van der Waals surface area contributed by atoms with Crippen molar-refractivity contribution in [1.82, 2.24) is 0 Å². The van der Waals surface area contributed by atoms with E-state index in [1.54, 1.807) is 12.1 Å². The highest BCUT2D eigenvalue weighted by atomic mass is 79.9. The number of rotatable bonds is 4. The van der Waals surface area contributed by atoms with Gasteiger partial charge in [-0.05, 0) is 31.2 Å². The van der Waals surface area contributed by atoms with Crippen molar-refractivity contribution >= 4 is 32.6 Å². The molecule has 0 atom stereocenters. The number of hydrogen-bond donors (Lipinski definition) is 1. The Morgan fingerprint density at radius 1 is 1.29 bits per heavy atom. The number of ether oxygens (including phenoxy) is 2. The molecule has 0 radical (unpaired) electrons. The summed E-state index contributed by atoms with van der Waals surface area (Å²) in [5.74, 6) is -0.562. The molecule has 0 spiro atoms. The van der Waals surface area contributed by atoms with Gasteiger partial charge in [-0.15, -0.1) is 0 Å². The Labute approximate surface area is 130 Å². The van der Waals surface area contributed by atoms with Crippen molar-refractivity contribution in [2.75, 3.05) is 25.1 Å². The average molecular weight is 354 g/mol. The molecule has 1 aromatic carbocycles. The lowest BCUT2D eigenvalue weighted by atomic mass is 10.2. The molecule has 1 fully saturated rings. The SMILES string of the molecule is CC1(CCNc2cc3cc(Br)ccc3oc2=O)OCCO1. The summed E-state index contributed by atoms with van der Waals surface area (Å²) in [6.45, 7) is 3.70. The molecule has 0 amide bonds. The second-order valence-electron chi connectivity index (χ2n) is 5.14. The molecule has 2 aromatic rings. The van der Waals surface area contributed by atoms with Gasteiger partial charge in [0.05, 0.1) is 13.2 Å². The van der Waals surface area contributed by atoms with Gasteiger partial charge in [-0.1, -0.05) is 15.9 Å². The molecule has 1 aliphatic rings. The predicted molar refractivity (Wildman–Crippen MR) is 83.6 cm³/mol. The van der Waals surface area contributed by atoms with Crippen molar-refractivity contribution in [2.45, 2.75) is 19.1 Å². The van der Waals surface area contributed by atoms with Crippen molar-refractivity contribution in [2.24, 2.45) is 0 Å². The monoisotopic (exact) mass is 353 g/mol. The number of hydrogen-bond acceptors (Lipinski definition) is 5. The van der Waals surface area contributed by atoms with Crippen molar-refractivity contribution in [1.29, 1.82) is 0 Å². The quantitative estimate of drug-likeness (QED) is 0.855. The summed E-state index contributed by atoms with van der Waals surface area (Å²) in [6.07, 6.45) is 0.656. The summed E-state index contributed by atoms with van der Waals surface area (Å²) >= 11 is 3.41. The normalized spacial score (nSPS) is 17.2. The lowest BCUT2D eigenvalue weighted by molar-refractivity contribution is -0.144. The first kappa shape index (κ1) is 14.6. The lowest BCUT2D eigenvalue weighted by Gasteiger charge is -2.22. The molecule has 6 heteroatoms. The van der Waals surface area contributed by atoms with Crippen molar-refractivity contribution < 1.29 is 13.9 Å². The standard InChI is InChI=1S/C15H16BrNO4/c1-15(19-6-7-20-15)4-5-17-12-9-10-8-11(16)2-3-13(10)21-14(12)18/h2-3,8-9,17H,4-7H2,1H3. The topological polar surface area (TPSA) is 60.7 Å². The van der Waals surface area contributed by atoms with Gasteiger partial charge in [-0.3, -0.25) is 0 Å². The van der Waals surface area contributed by atoms with Crippen molar-refractivity contribution in [3.63, 3.8) is 0 Å². The summed E-state index contributed by atoms with van der Waals surface area (Å²) in [5, 5.41) is 3.96. The fraction of sp³-hybridized carbons (Fsp3) is 0.400.